The highest BCUT2D eigenvalue weighted by atomic mass is 16.4. The molecule has 1 atom stereocenters. The molecule has 19 heavy (non-hydrogen) atoms. The van der Waals surface area contributed by atoms with Crippen LogP contribution >= 0.6 is 0 Å². The van der Waals surface area contributed by atoms with E-state index in [1.807, 2.05) is 0 Å². The molecule has 1 aromatic carbocycles. The zero-order valence-corrected chi connectivity index (χ0v) is 11.6. The number of carboxylic acids is 1. The Kier molecular flexibility index (Phi) is 4.97. The quantitative estimate of drug-likeness (QED) is 0.856. The number of aryl methyl sites for hydroxylation is 1. The van der Waals surface area contributed by atoms with Gasteiger partial charge >= 0.3 is 5.97 Å². The van der Waals surface area contributed by atoms with Crippen molar-refractivity contribution in [2.75, 3.05) is 19.6 Å². The SMILES string of the molecule is CCc1ccc(C(CC(=O)O)CN2CCCC2)cc1. The number of hydrogen-bond donors (Lipinski definition) is 1. The van der Waals surface area contributed by atoms with Gasteiger partial charge in [0.25, 0.3) is 0 Å². The van der Waals surface area contributed by atoms with Crippen molar-refractivity contribution in [3.63, 3.8) is 0 Å². The highest BCUT2D eigenvalue weighted by Gasteiger charge is 2.21. The maximum Gasteiger partial charge on any atom is 0.304 e. The third-order valence-electron chi connectivity index (χ3n) is 3.96. The van der Waals surface area contributed by atoms with Crippen molar-refractivity contribution >= 4 is 5.97 Å². The Morgan fingerprint density at radius 2 is 1.89 bits per heavy atom. The van der Waals surface area contributed by atoms with Crippen LogP contribution in [0.5, 0.6) is 0 Å². The standard InChI is InChI=1S/C16H23NO2/c1-2-13-5-7-14(8-6-13)15(11-16(18)19)12-17-9-3-4-10-17/h5-8,15H,2-4,9-12H2,1H3,(H,18,19). The first kappa shape index (κ1) is 14.1. The molecule has 0 radical (unpaired) electrons. The van der Waals surface area contributed by atoms with E-state index in [0.717, 1.165) is 31.6 Å². The molecule has 1 aliphatic rings. The maximum absolute atomic E-state index is 11.1. The van der Waals surface area contributed by atoms with Gasteiger partial charge in [0.2, 0.25) is 0 Å². The number of carboxylic acid groups (broad SMARTS) is 1. The first-order valence-electron chi connectivity index (χ1n) is 7.22. The molecule has 3 heteroatoms. The highest BCUT2D eigenvalue weighted by Crippen LogP contribution is 2.23. The van der Waals surface area contributed by atoms with Crippen molar-refractivity contribution in [3.05, 3.63) is 35.4 Å². The molecule has 0 aromatic heterocycles. The fourth-order valence-electron chi connectivity index (χ4n) is 2.80. The zero-order valence-electron chi connectivity index (χ0n) is 11.6. The third-order valence-corrected chi connectivity index (χ3v) is 3.96. The number of likely N-dealkylation sites (tertiary alicyclic amines) is 1. The Labute approximate surface area is 115 Å². The second-order valence-electron chi connectivity index (χ2n) is 5.40. The summed E-state index contributed by atoms with van der Waals surface area (Å²) < 4.78 is 0. The summed E-state index contributed by atoms with van der Waals surface area (Å²) in [6, 6.07) is 8.44. The molecule has 0 amide bonds. The minimum atomic E-state index is -0.705. The van der Waals surface area contributed by atoms with Crippen LogP contribution in [0.2, 0.25) is 0 Å². The van der Waals surface area contributed by atoms with Crippen molar-refractivity contribution in [2.45, 2.75) is 38.5 Å². The molecule has 1 aliphatic heterocycles. The van der Waals surface area contributed by atoms with Crippen LogP contribution < -0.4 is 0 Å². The molecule has 0 saturated carbocycles. The largest absolute Gasteiger partial charge is 0.481 e. The van der Waals surface area contributed by atoms with E-state index >= 15 is 0 Å². The van der Waals surface area contributed by atoms with Crippen molar-refractivity contribution in [3.8, 4) is 0 Å². The maximum atomic E-state index is 11.1. The van der Waals surface area contributed by atoms with Gasteiger partial charge in [-0.1, -0.05) is 31.2 Å². The van der Waals surface area contributed by atoms with E-state index < -0.39 is 5.97 Å². The van der Waals surface area contributed by atoms with Gasteiger partial charge in [0, 0.05) is 12.5 Å². The average molecular weight is 261 g/mol. The molecule has 1 aromatic rings. The molecule has 0 spiro atoms. The van der Waals surface area contributed by atoms with Crippen LogP contribution in [0.1, 0.15) is 43.2 Å². The molecule has 0 aliphatic carbocycles. The third kappa shape index (κ3) is 4.06. The second kappa shape index (κ2) is 6.71. The van der Waals surface area contributed by atoms with Gasteiger partial charge in [0.15, 0.2) is 0 Å². The summed E-state index contributed by atoms with van der Waals surface area (Å²) in [4.78, 5) is 13.5. The summed E-state index contributed by atoms with van der Waals surface area (Å²) in [5.41, 5.74) is 2.46. The predicted octanol–water partition coefficient (Wildman–Crippen LogP) is 2.90. The number of rotatable bonds is 6. The Balaban J connectivity index is 2.07. The fraction of sp³-hybridized carbons (Fsp3) is 0.562. The molecule has 1 N–H and O–H groups in total. The van der Waals surface area contributed by atoms with Crippen LogP contribution in [-0.2, 0) is 11.2 Å². The minimum Gasteiger partial charge on any atom is -0.481 e. The van der Waals surface area contributed by atoms with E-state index in [1.54, 1.807) is 0 Å². The molecular weight excluding hydrogens is 238 g/mol. The van der Waals surface area contributed by atoms with E-state index in [1.165, 1.54) is 18.4 Å². The van der Waals surface area contributed by atoms with E-state index in [2.05, 4.69) is 36.1 Å². The van der Waals surface area contributed by atoms with Crippen LogP contribution in [-0.4, -0.2) is 35.6 Å². The molecule has 1 saturated heterocycles. The van der Waals surface area contributed by atoms with Gasteiger partial charge in [-0.15, -0.1) is 0 Å². The first-order chi connectivity index (χ1) is 9.19. The van der Waals surface area contributed by atoms with Crippen molar-refractivity contribution < 1.29 is 9.90 Å². The van der Waals surface area contributed by atoms with Gasteiger partial charge in [0.1, 0.15) is 0 Å². The molecule has 1 unspecified atom stereocenters. The number of nitrogens with zero attached hydrogens (tertiary/aromatic N) is 1. The Morgan fingerprint density at radius 1 is 1.26 bits per heavy atom. The summed E-state index contributed by atoms with van der Waals surface area (Å²) in [5, 5.41) is 9.10. The topological polar surface area (TPSA) is 40.5 Å². The van der Waals surface area contributed by atoms with E-state index in [4.69, 9.17) is 5.11 Å². The predicted molar refractivity (Wildman–Crippen MR) is 76.5 cm³/mol. The van der Waals surface area contributed by atoms with Gasteiger partial charge < -0.3 is 10.0 Å². The molecule has 2 rings (SSSR count). The van der Waals surface area contributed by atoms with Crippen LogP contribution in [0.3, 0.4) is 0 Å². The Morgan fingerprint density at radius 3 is 2.42 bits per heavy atom. The zero-order chi connectivity index (χ0) is 13.7. The molecule has 0 bridgehead atoms. The summed E-state index contributed by atoms with van der Waals surface area (Å²) in [6.45, 7) is 5.23. The van der Waals surface area contributed by atoms with E-state index in [-0.39, 0.29) is 12.3 Å². The number of hydrogen-bond acceptors (Lipinski definition) is 2. The van der Waals surface area contributed by atoms with Gasteiger partial charge in [-0.3, -0.25) is 4.79 Å². The van der Waals surface area contributed by atoms with Gasteiger partial charge in [-0.05, 0) is 43.5 Å². The van der Waals surface area contributed by atoms with Crippen LogP contribution in [0.15, 0.2) is 24.3 Å². The summed E-state index contributed by atoms with van der Waals surface area (Å²) in [5.74, 6) is -0.592. The van der Waals surface area contributed by atoms with Crippen LogP contribution in [0.4, 0.5) is 0 Å². The summed E-state index contributed by atoms with van der Waals surface area (Å²) in [6.07, 6.45) is 3.74. The molecular formula is C16H23NO2. The van der Waals surface area contributed by atoms with Crippen molar-refractivity contribution in [1.29, 1.82) is 0 Å². The number of aliphatic carboxylic acids is 1. The average Bonchev–Trinajstić information content (AvgIpc) is 2.90. The monoisotopic (exact) mass is 261 g/mol. The lowest BCUT2D eigenvalue weighted by Gasteiger charge is -2.22. The lowest BCUT2D eigenvalue weighted by molar-refractivity contribution is -0.137. The lowest BCUT2D eigenvalue weighted by atomic mass is 9.94. The number of carbonyl (C=O) groups is 1. The van der Waals surface area contributed by atoms with Crippen molar-refractivity contribution in [2.24, 2.45) is 0 Å². The second-order valence-corrected chi connectivity index (χ2v) is 5.40. The van der Waals surface area contributed by atoms with Crippen LogP contribution in [0.25, 0.3) is 0 Å². The Hall–Kier alpha value is -1.35. The van der Waals surface area contributed by atoms with Gasteiger partial charge in [0.05, 0.1) is 6.42 Å². The van der Waals surface area contributed by atoms with E-state index in [9.17, 15) is 4.79 Å². The minimum absolute atomic E-state index is 0.113. The van der Waals surface area contributed by atoms with Crippen molar-refractivity contribution in [1.82, 2.24) is 4.90 Å². The fourth-order valence-corrected chi connectivity index (χ4v) is 2.80. The lowest BCUT2D eigenvalue weighted by Crippen LogP contribution is -2.27. The van der Waals surface area contributed by atoms with Crippen LogP contribution in [0, 0.1) is 0 Å². The molecule has 3 nitrogen and oxygen atoms in total. The molecule has 1 fully saturated rings. The first-order valence-corrected chi connectivity index (χ1v) is 7.22. The highest BCUT2D eigenvalue weighted by molar-refractivity contribution is 5.68. The molecule has 104 valence electrons. The summed E-state index contributed by atoms with van der Waals surface area (Å²) in [7, 11) is 0. The smallest absolute Gasteiger partial charge is 0.304 e. The molecule has 1 heterocycles. The van der Waals surface area contributed by atoms with E-state index in [0.29, 0.717) is 0 Å². The Bertz CT molecular complexity index is 407. The van der Waals surface area contributed by atoms with Gasteiger partial charge in [-0.25, -0.2) is 0 Å². The van der Waals surface area contributed by atoms with Gasteiger partial charge in [-0.2, -0.15) is 0 Å². The summed E-state index contributed by atoms with van der Waals surface area (Å²) >= 11 is 0. The normalized spacial score (nSPS) is 17.5. The number of benzene rings is 1.